The normalized spacial score (nSPS) is 11.4. The van der Waals surface area contributed by atoms with Crippen molar-refractivity contribution in [3.63, 3.8) is 0 Å². The van der Waals surface area contributed by atoms with Crippen LogP contribution >= 0.6 is 0 Å². The molecule has 1 amide bonds. The van der Waals surface area contributed by atoms with Gasteiger partial charge in [0.15, 0.2) is 6.10 Å². The molecule has 0 spiro atoms. The molecule has 8 heteroatoms. The van der Waals surface area contributed by atoms with Gasteiger partial charge in [-0.15, -0.1) is 0 Å². The van der Waals surface area contributed by atoms with Crippen LogP contribution in [0.15, 0.2) is 18.2 Å². The average Bonchev–Trinajstić information content (AvgIpc) is 2.46. The zero-order valence-corrected chi connectivity index (χ0v) is 12.0. The lowest BCUT2D eigenvalue weighted by atomic mass is 10.1. The lowest BCUT2D eigenvalue weighted by molar-refractivity contribution is -0.384. The van der Waals surface area contributed by atoms with E-state index in [-0.39, 0.29) is 16.9 Å². The van der Waals surface area contributed by atoms with E-state index in [0.29, 0.717) is 6.54 Å². The summed E-state index contributed by atoms with van der Waals surface area (Å²) >= 11 is 0. The summed E-state index contributed by atoms with van der Waals surface area (Å²) in [6, 6.07) is 3.91. The van der Waals surface area contributed by atoms with Gasteiger partial charge in [0.25, 0.3) is 11.6 Å². The number of esters is 1. The minimum absolute atomic E-state index is 0.0110. The summed E-state index contributed by atoms with van der Waals surface area (Å²) in [5.74, 6) is -1.22. The van der Waals surface area contributed by atoms with Gasteiger partial charge in [-0.05, 0) is 26.0 Å². The van der Waals surface area contributed by atoms with Crippen molar-refractivity contribution in [2.45, 2.75) is 20.0 Å². The monoisotopic (exact) mass is 295 g/mol. The number of nitro groups is 1. The highest BCUT2D eigenvalue weighted by atomic mass is 16.6. The van der Waals surface area contributed by atoms with E-state index in [2.05, 4.69) is 10.6 Å². The third-order valence-corrected chi connectivity index (χ3v) is 2.70. The average molecular weight is 295 g/mol. The Morgan fingerprint density at radius 1 is 1.43 bits per heavy atom. The predicted molar refractivity (Wildman–Crippen MR) is 76.2 cm³/mol. The Hall–Kier alpha value is -2.64. The number of ether oxygens (including phenoxy) is 1. The molecule has 0 aliphatic carbocycles. The molecule has 114 valence electrons. The van der Waals surface area contributed by atoms with Gasteiger partial charge < -0.3 is 15.4 Å². The maximum atomic E-state index is 11.9. The highest BCUT2D eigenvalue weighted by Gasteiger charge is 2.21. The summed E-state index contributed by atoms with van der Waals surface area (Å²) in [5, 5.41) is 16.1. The van der Waals surface area contributed by atoms with Crippen LogP contribution in [0.3, 0.4) is 0 Å². The Bertz CT molecular complexity index is 559. The van der Waals surface area contributed by atoms with E-state index in [1.807, 2.05) is 0 Å². The quantitative estimate of drug-likeness (QED) is 0.465. The van der Waals surface area contributed by atoms with Gasteiger partial charge >= 0.3 is 5.97 Å². The van der Waals surface area contributed by atoms with E-state index in [4.69, 9.17) is 4.74 Å². The van der Waals surface area contributed by atoms with Crippen molar-refractivity contribution < 1.29 is 19.2 Å². The number of rotatable bonds is 6. The molecule has 0 saturated heterocycles. The van der Waals surface area contributed by atoms with Crippen LogP contribution in [0.5, 0.6) is 0 Å². The number of carbonyl (C=O) groups excluding carboxylic acids is 2. The number of carbonyl (C=O) groups is 2. The smallest absolute Gasteiger partial charge is 0.339 e. The Morgan fingerprint density at radius 2 is 2.10 bits per heavy atom. The minimum Gasteiger partial charge on any atom is -0.449 e. The third kappa shape index (κ3) is 4.16. The highest BCUT2D eigenvalue weighted by molar-refractivity contribution is 5.93. The number of likely N-dealkylation sites (N-methyl/N-ethyl adjacent to an activating group) is 1. The predicted octanol–water partition coefficient (Wildman–Crippen LogP) is 1.32. The Balaban J connectivity index is 2.90. The molecule has 0 saturated carbocycles. The number of hydrogen-bond donors (Lipinski definition) is 2. The van der Waals surface area contributed by atoms with E-state index >= 15 is 0 Å². The number of anilines is 1. The van der Waals surface area contributed by atoms with E-state index in [1.54, 1.807) is 6.92 Å². The molecule has 2 N–H and O–H groups in total. The third-order valence-electron chi connectivity index (χ3n) is 2.70. The molecule has 0 fully saturated rings. The fourth-order valence-corrected chi connectivity index (χ4v) is 1.62. The zero-order valence-electron chi connectivity index (χ0n) is 12.0. The lowest BCUT2D eigenvalue weighted by Gasteiger charge is -2.12. The first-order valence-electron chi connectivity index (χ1n) is 6.35. The second-order valence-electron chi connectivity index (χ2n) is 4.18. The largest absolute Gasteiger partial charge is 0.449 e. The second-order valence-corrected chi connectivity index (χ2v) is 4.18. The molecule has 0 aliphatic rings. The molecule has 1 rings (SSSR count). The Kier molecular flexibility index (Phi) is 5.65. The van der Waals surface area contributed by atoms with Crippen molar-refractivity contribution in [2.24, 2.45) is 0 Å². The molecule has 8 nitrogen and oxygen atoms in total. The van der Waals surface area contributed by atoms with Crippen LogP contribution in [0.25, 0.3) is 0 Å². The standard InChI is InChI=1S/C13H17N3O5/c1-4-15-12(17)8(2)21-13(18)9-5-6-10(14-3)11(7-9)16(19)20/h5-8,14H,4H2,1-3H3,(H,15,17)/t8-/m0/s1. The molecule has 0 aliphatic heterocycles. The fourth-order valence-electron chi connectivity index (χ4n) is 1.62. The molecule has 0 bridgehead atoms. The summed E-state index contributed by atoms with van der Waals surface area (Å²) in [7, 11) is 1.54. The van der Waals surface area contributed by atoms with Gasteiger partial charge in [0, 0.05) is 19.7 Å². The molecule has 21 heavy (non-hydrogen) atoms. The van der Waals surface area contributed by atoms with E-state index in [1.165, 1.54) is 26.1 Å². The minimum atomic E-state index is -0.972. The van der Waals surface area contributed by atoms with Crippen molar-refractivity contribution in [3.05, 3.63) is 33.9 Å². The topological polar surface area (TPSA) is 111 Å². The van der Waals surface area contributed by atoms with Crippen LogP contribution in [0.1, 0.15) is 24.2 Å². The maximum Gasteiger partial charge on any atom is 0.339 e. The molecule has 1 aromatic carbocycles. The van der Waals surface area contributed by atoms with Crippen LogP contribution in [-0.2, 0) is 9.53 Å². The first-order chi connectivity index (χ1) is 9.90. The van der Waals surface area contributed by atoms with Crippen molar-refractivity contribution >= 4 is 23.3 Å². The first-order valence-corrected chi connectivity index (χ1v) is 6.35. The van der Waals surface area contributed by atoms with Gasteiger partial charge in [-0.3, -0.25) is 14.9 Å². The lowest BCUT2D eigenvalue weighted by Crippen LogP contribution is -2.35. The van der Waals surface area contributed by atoms with Gasteiger partial charge in [-0.25, -0.2) is 4.79 Å². The van der Waals surface area contributed by atoms with Gasteiger partial charge in [0.1, 0.15) is 5.69 Å². The number of nitrogens with zero attached hydrogens (tertiary/aromatic N) is 1. The summed E-state index contributed by atoms with van der Waals surface area (Å²) in [6.07, 6.45) is -0.972. The number of benzene rings is 1. The van der Waals surface area contributed by atoms with Gasteiger partial charge in [-0.2, -0.15) is 0 Å². The summed E-state index contributed by atoms with van der Waals surface area (Å²) in [6.45, 7) is 3.59. The molecular weight excluding hydrogens is 278 g/mol. The zero-order chi connectivity index (χ0) is 16.0. The van der Waals surface area contributed by atoms with Crippen LogP contribution in [0.4, 0.5) is 11.4 Å². The van der Waals surface area contributed by atoms with Crippen molar-refractivity contribution in [2.75, 3.05) is 18.9 Å². The number of hydrogen-bond acceptors (Lipinski definition) is 6. The Labute approximate surface area is 121 Å². The van der Waals surface area contributed by atoms with Gasteiger partial charge in [0.2, 0.25) is 0 Å². The summed E-state index contributed by atoms with van der Waals surface area (Å²) < 4.78 is 4.97. The molecule has 0 aromatic heterocycles. The maximum absolute atomic E-state index is 11.9. The van der Waals surface area contributed by atoms with E-state index < -0.39 is 22.9 Å². The number of amides is 1. The molecule has 0 unspecified atom stereocenters. The number of nitro benzene ring substituents is 1. The number of nitrogens with one attached hydrogen (secondary N) is 2. The van der Waals surface area contributed by atoms with Gasteiger partial charge in [-0.1, -0.05) is 0 Å². The second kappa shape index (κ2) is 7.22. The van der Waals surface area contributed by atoms with Crippen LogP contribution < -0.4 is 10.6 Å². The van der Waals surface area contributed by atoms with E-state index in [9.17, 15) is 19.7 Å². The van der Waals surface area contributed by atoms with Crippen molar-refractivity contribution in [3.8, 4) is 0 Å². The Morgan fingerprint density at radius 3 is 2.62 bits per heavy atom. The molecule has 0 heterocycles. The molecule has 0 radical (unpaired) electrons. The van der Waals surface area contributed by atoms with Crippen LogP contribution in [-0.4, -0.2) is 36.5 Å². The SMILES string of the molecule is CCNC(=O)[C@H](C)OC(=O)c1ccc(NC)c([N+](=O)[O-])c1. The van der Waals surface area contributed by atoms with Crippen LogP contribution in [0, 0.1) is 10.1 Å². The van der Waals surface area contributed by atoms with Gasteiger partial charge in [0.05, 0.1) is 10.5 Å². The van der Waals surface area contributed by atoms with Crippen LogP contribution in [0.2, 0.25) is 0 Å². The molecule has 1 atom stereocenters. The highest BCUT2D eigenvalue weighted by Crippen LogP contribution is 2.25. The fraction of sp³-hybridized carbons (Fsp3) is 0.385. The molecule has 1 aromatic rings. The van der Waals surface area contributed by atoms with E-state index in [0.717, 1.165) is 6.07 Å². The molecular formula is C13H17N3O5. The van der Waals surface area contributed by atoms with Crippen molar-refractivity contribution in [1.82, 2.24) is 5.32 Å². The van der Waals surface area contributed by atoms with Crippen molar-refractivity contribution in [1.29, 1.82) is 0 Å². The summed E-state index contributed by atoms with van der Waals surface area (Å²) in [5.41, 5.74) is 0.0581. The summed E-state index contributed by atoms with van der Waals surface area (Å²) in [4.78, 5) is 33.7. The first kappa shape index (κ1) is 16.4.